The van der Waals surface area contributed by atoms with Crippen LogP contribution >= 0.6 is 0 Å². The molecule has 120 valence electrons. The molecule has 1 saturated heterocycles. The lowest BCUT2D eigenvalue weighted by Gasteiger charge is -2.53. The Balaban J connectivity index is 1.51. The summed E-state index contributed by atoms with van der Waals surface area (Å²) in [7, 11) is 0. The lowest BCUT2D eigenvalue weighted by Crippen LogP contribution is -2.57. The Hall–Kier alpha value is -1.39. The molecule has 0 spiro atoms. The van der Waals surface area contributed by atoms with Gasteiger partial charge in [0.25, 0.3) is 0 Å². The number of hydrogen-bond acceptors (Lipinski definition) is 3. The fourth-order valence-corrected chi connectivity index (χ4v) is 3.66. The highest BCUT2D eigenvalue weighted by molar-refractivity contribution is 5.78. The quantitative estimate of drug-likeness (QED) is 0.925. The summed E-state index contributed by atoms with van der Waals surface area (Å²) in [6.07, 6.45) is 1.10. The first kappa shape index (κ1) is 15.5. The normalized spacial score (nSPS) is 27.3. The van der Waals surface area contributed by atoms with Crippen LogP contribution in [-0.2, 0) is 9.53 Å². The van der Waals surface area contributed by atoms with E-state index in [9.17, 15) is 4.79 Å². The van der Waals surface area contributed by atoms with Crippen LogP contribution in [-0.4, -0.2) is 49.7 Å². The molecule has 0 aromatic heterocycles. The molecule has 1 aromatic rings. The van der Waals surface area contributed by atoms with Crippen molar-refractivity contribution >= 4 is 5.91 Å². The van der Waals surface area contributed by atoms with Gasteiger partial charge in [0.15, 0.2) is 0 Å². The molecular formula is C18H26N2O2. The van der Waals surface area contributed by atoms with Gasteiger partial charge in [0.2, 0.25) is 5.91 Å². The van der Waals surface area contributed by atoms with Crippen molar-refractivity contribution in [2.24, 2.45) is 5.41 Å². The topological polar surface area (TPSA) is 41.6 Å². The molecule has 1 saturated carbocycles. The first-order valence-corrected chi connectivity index (χ1v) is 8.23. The highest BCUT2D eigenvalue weighted by Gasteiger charge is 2.48. The largest absolute Gasteiger partial charge is 0.378 e. The van der Waals surface area contributed by atoms with Crippen LogP contribution in [0.4, 0.5) is 0 Å². The first-order valence-electron chi connectivity index (χ1n) is 8.23. The van der Waals surface area contributed by atoms with E-state index in [0.29, 0.717) is 31.7 Å². The minimum absolute atomic E-state index is 0.187. The standard InChI is InChI=1S/C18H26N2O2/c1-18(2)15(14-6-4-3-5-7-14)12-16(18)19-13-17(21)20-8-10-22-11-9-20/h3-7,15-16,19H,8-13H2,1-2H3/t15-,16-/m1/s1. The smallest absolute Gasteiger partial charge is 0.236 e. The highest BCUT2D eigenvalue weighted by Crippen LogP contribution is 2.52. The molecule has 1 N–H and O–H groups in total. The third-order valence-corrected chi connectivity index (χ3v) is 5.33. The summed E-state index contributed by atoms with van der Waals surface area (Å²) < 4.78 is 5.29. The maximum absolute atomic E-state index is 12.2. The number of morpholine rings is 1. The Morgan fingerprint density at radius 1 is 1.27 bits per heavy atom. The average Bonchev–Trinajstić information content (AvgIpc) is 2.55. The van der Waals surface area contributed by atoms with Gasteiger partial charge in [0, 0.05) is 19.1 Å². The van der Waals surface area contributed by atoms with Crippen molar-refractivity contribution in [1.82, 2.24) is 10.2 Å². The summed E-state index contributed by atoms with van der Waals surface area (Å²) in [6, 6.07) is 11.1. The van der Waals surface area contributed by atoms with E-state index in [4.69, 9.17) is 4.74 Å². The summed E-state index contributed by atoms with van der Waals surface area (Å²) in [5.74, 6) is 0.770. The molecule has 3 rings (SSSR count). The number of ether oxygens (including phenoxy) is 1. The maximum atomic E-state index is 12.2. The number of rotatable bonds is 4. The molecule has 1 amide bonds. The molecule has 4 nitrogen and oxygen atoms in total. The van der Waals surface area contributed by atoms with Crippen molar-refractivity contribution < 1.29 is 9.53 Å². The summed E-state index contributed by atoms with van der Waals surface area (Å²) >= 11 is 0. The van der Waals surface area contributed by atoms with Crippen molar-refractivity contribution in [2.75, 3.05) is 32.8 Å². The zero-order chi connectivity index (χ0) is 15.6. The minimum atomic E-state index is 0.187. The van der Waals surface area contributed by atoms with Gasteiger partial charge in [-0.3, -0.25) is 4.79 Å². The molecule has 1 heterocycles. The molecule has 4 heteroatoms. The Morgan fingerprint density at radius 2 is 1.95 bits per heavy atom. The van der Waals surface area contributed by atoms with Crippen molar-refractivity contribution in [3.63, 3.8) is 0 Å². The number of nitrogens with zero attached hydrogens (tertiary/aromatic N) is 1. The van der Waals surface area contributed by atoms with Crippen LogP contribution in [0.25, 0.3) is 0 Å². The monoisotopic (exact) mass is 302 g/mol. The van der Waals surface area contributed by atoms with Gasteiger partial charge in [0.1, 0.15) is 0 Å². The molecule has 1 aliphatic carbocycles. The summed E-state index contributed by atoms with van der Waals surface area (Å²) in [5, 5.41) is 3.47. The van der Waals surface area contributed by atoms with Crippen LogP contribution in [0.1, 0.15) is 31.7 Å². The Labute approximate surface area is 132 Å². The average molecular weight is 302 g/mol. The van der Waals surface area contributed by atoms with Gasteiger partial charge < -0.3 is 15.0 Å². The molecule has 0 unspecified atom stereocenters. The Morgan fingerprint density at radius 3 is 2.59 bits per heavy atom. The third kappa shape index (κ3) is 3.03. The number of benzene rings is 1. The zero-order valence-electron chi connectivity index (χ0n) is 13.5. The Kier molecular flexibility index (Phi) is 4.50. The van der Waals surface area contributed by atoms with Crippen LogP contribution in [0.15, 0.2) is 30.3 Å². The molecule has 2 aliphatic rings. The van der Waals surface area contributed by atoms with Gasteiger partial charge in [0.05, 0.1) is 19.8 Å². The van der Waals surface area contributed by atoms with Gasteiger partial charge in [-0.15, -0.1) is 0 Å². The second kappa shape index (κ2) is 6.39. The number of carbonyl (C=O) groups is 1. The van der Waals surface area contributed by atoms with E-state index in [2.05, 4.69) is 49.5 Å². The molecule has 2 atom stereocenters. The van der Waals surface area contributed by atoms with E-state index in [1.54, 1.807) is 0 Å². The first-order chi connectivity index (χ1) is 10.6. The summed E-state index contributed by atoms with van der Waals surface area (Å²) in [4.78, 5) is 14.1. The predicted octanol–water partition coefficient (Wildman–Crippen LogP) is 2.02. The van der Waals surface area contributed by atoms with E-state index in [-0.39, 0.29) is 11.3 Å². The van der Waals surface area contributed by atoms with Gasteiger partial charge in [-0.2, -0.15) is 0 Å². The maximum Gasteiger partial charge on any atom is 0.236 e. The number of nitrogens with one attached hydrogen (secondary N) is 1. The second-order valence-corrected chi connectivity index (χ2v) is 6.95. The van der Waals surface area contributed by atoms with Crippen molar-refractivity contribution in [2.45, 2.75) is 32.2 Å². The SMILES string of the molecule is CC1(C)[C@@H](c2ccccc2)C[C@H]1NCC(=O)N1CCOCC1. The third-order valence-electron chi connectivity index (χ3n) is 5.33. The fraction of sp³-hybridized carbons (Fsp3) is 0.611. The second-order valence-electron chi connectivity index (χ2n) is 6.95. The van der Waals surface area contributed by atoms with Crippen molar-refractivity contribution in [1.29, 1.82) is 0 Å². The molecule has 0 radical (unpaired) electrons. The number of hydrogen-bond donors (Lipinski definition) is 1. The van der Waals surface area contributed by atoms with Gasteiger partial charge in [-0.05, 0) is 23.3 Å². The number of carbonyl (C=O) groups excluding carboxylic acids is 1. The zero-order valence-corrected chi connectivity index (χ0v) is 13.5. The molecule has 22 heavy (non-hydrogen) atoms. The Bertz CT molecular complexity index is 509. The van der Waals surface area contributed by atoms with Gasteiger partial charge >= 0.3 is 0 Å². The molecule has 1 aliphatic heterocycles. The fourth-order valence-electron chi connectivity index (χ4n) is 3.66. The van der Waals surface area contributed by atoms with Crippen LogP contribution in [0.5, 0.6) is 0 Å². The van der Waals surface area contributed by atoms with E-state index in [1.807, 2.05) is 4.90 Å². The summed E-state index contributed by atoms with van der Waals surface area (Å²) in [6.45, 7) is 7.81. The number of amides is 1. The molecule has 0 bridgehead atoms. The van der Waals surface area contributed by atoms with E-state index in [1.165, 1.54) is 5.56 Å². The minimum Gasteiger partial charge on any atom is -0.378 e. The highest BCUT2D eigenvalue weighted by atomic mass is 16.5. The van der Waals surface area contributed by atoms with Crippen LogP contribution in [0.2, 0.25) is 0 Å². The molecule has 1 aromatic carbocycles. The molecular weight excluding hydrogens is 276 g/mol. The lowest BCUT2D eigenvalue weighted by atomic mass is 9.56. The van der Waals surface area contributed by atoms with Gasteiger partial charge in [-0.25, -0.2) is 0 Å². The van der Waals surface area contributed by atoms with E-state index >= 15 is 0 Å². The van der Waals surface area contributed by atoms with Gasteiger partial charge in [-0.1, -0.05) is 44.2 Å². The lowest BCUT2D eigenvalue weighted by molar-refractivity contribution is -0.134. The summed E-state index contributed by atoms with van der Waals surface area (Å²) in [5.41, 5.74) is 1.59. The van der Waals surface area contributed by atoms with E-state index in [0.717, 1.165) is 19.5 Å². The van der Waals surface area contributed by atoms with Crippen LogP contribution in [0, 0.1) is 5.41 Å². The van der Waals surface area contributed by atoms with Crippen molar-refractivity contribution in [3.05, 3.63) is 35.9 Å². The molecule has 2 fully saturated rings. The van der Waals surface area contributed by atoms with Crippen LogP contribution < -0.4 is 5.32 Å². The van der Waals surface area contributed by atoms with Crippen LogP contribution in [0.3, 0.4) is 0 Å². The van der Waals surface area contributed by atoms with E-state index < -0.39 is 0 Å². The van der Waals surface area contributed by atoms with Crippen molar-refractivity contribution in [3.8, 4) is 0 Å². The predicted molar refractivity (Wildman–Crippen MR) is 86.8 cm³/mol.